The average Bonchev–Trinajstić information content (AvgIpc) is 3.16. The molecule has 1 heterocycles. The summed E-state index contributed by atoms with van der Waals surface area (Å²) in [4.78, 5) is 26.6. The lowest BCUT2D eigenvalue weighted by Gasteiger charge is -2.29. The number of nitrogens with zero attached hydrogens (tertiary/aromatic N) is 1. The molecule has 1 N–H and O–H groups in total. The van der Waals surface area contributed by atoms with Gasteiger partial charge in [-0.25, -0.2) is 0 Å². The second-order valence-corrected chi connectivity index (χ2v) is 8.34. The van der Waals surface area contributed by atoms with Crippen molar-refractivity contribution >= 4 is 35.0 Å². The van der Waals surface area contributed by atoms with Crippen LogP contribution in [0.15, 0.2) is 41.8 Å². The molecule has 1 aromatic heterocycles. The number of aliphatic carboxylic acids is 1. The predicted octanol–water partition coefficient (Wildman–Crippen LogP) is 3.92. The average molecular weight is 408 g/mol. The van der Waals surface area contributed by atoms with E-state index in [4.69, 9.17) is 9.84 Å². The van der Waals surface area contributed by atoms with Gasteiger partial charge in [0.25, 0.3) is 0 Å². The number of benzene rings is 1. The van der Waals surface area contributed by atoms with Crippen LogP contribution in [0.3, 0.4) is 0 Å². The van der Waals surface area contributed by atoms with Crippen molar-refractivity contribution in [2.24, 2.45) is 0 Å². The normalized spacial score (nSPS) is 11.8. The third-order valence-corrected chi connectivity index (χ3v) is 5.97. The van der Waals surface area contributed by atoms with Crippen LogP contribution in [0, 0.1) is 0 Å². The summed E-state index contributed by atoms with van der Waals surface area (Å²) in [5.41, 5.74) is 1.04. The number of carboxylic acid groups (broad SMARTS) is 1. The van der Waals surface area contributed by atoms with E-state index in [2.05, 4.69) is 13.0 Å². The molecule has 0 bridgehead atoms. The molecular formula is C20H25NO4S2. The number of methoxy groups -OCH3 is 1. The summed E-state index contributed by atoms with van der Waals surface area (Å²) < 4.78 is 5.19. The molecule has 2 rings (SSSR count). The molecule has 0 aliphatic heterocycles. The minimum Gasteiger partial charge on any atom is -0.497 e. The Morgan fingerprint density at radius 1 is 1.26 bits per heavy atom. The van der Waals surface area contributed by atoms with E-state index in [0.717, 1.165) is 17.7 Å². The second kappa shape index (κ2) is 11.0. The van der Waals surface area contributed by atoms with Gasteiger partial charge in [-0.05, 0) is 36.1 Å². The largest absolute Gasteiger partial charge is 0.497 e. The summed E-state index contributed by atoms with van der Waals surface area (Å²) >= 11 is 3.06. The van der Waals surface area contributed by atoms with E-state index in [1.807, 2.05) is 40.6 Å². The highest BCUT2D eigenvalue weighted by atomic mass is 32.2. The third kappa shape index (κ3) is 7.27. The Bertz CT molecular complexity index is 716. The topological polar surface area (TPSA) is 66.8 Å². The summed E-state index contributed by atoms with van der Waals surface area (Å²) in [6, 6.07) is 11.9. The SMILES string of the molecule is COc1ccc(CN(C(=O)CSCCC(=O)O)[C@H](C)Cc2cccs2)cc1. The number of carbonyl (C=O) groups excluding carboxylic acids is 1. The first-order chi connectivity index (χ1) is 13.0. The van der Waals surface area contributed by atoms with Gasteiger partial charge in [0, 0.05) is 29.6 Å². The number of thiophene rings is 1. The zero-order valence-electron chi connectivity index (χ0n) is 15.6. The Morgan fingerprint density at radius 3 is 2.59 bits per heavy atom. The van der Waals surface area contributed by atoms with Crippen LogP contribution in [0.25, 0.3) is 0 Å². The maximum Gasteiger partial charge on any atom is 0.304 e. The fourth-order valence-corrected chi connectivity index (χ4v) is 4.28. The van der Waals surface area contributed by atoms with Gasteiger partial charge in [-0.15, -0.1) is 11.3 Å². The van der Waals surface area contributed by atoms with Crippen molar-refractivity contribution in [1.82, 2.24) is 4.90 Å². The van der Waals surface area contributed by atoms with Gasteiger partial charge in [-0.1, -0.05) is 18.2 Å². The minimum absolute atomic E-state index is 0.0327. The van der Waals surface area contributed by atoms with Crippen molar-refractivity contribution < 1.29 is 19.4 Å². The fraction of sp³-hybridized carbons (Fsp3) is 0.400. The molecule has 0 aliphatic rings. The third-order valence-electron chi connectivity index (χ3n) is 4.13. The molecule has 0 saturated heterocycles. The molecule has 0 radical (unpaired) electrons. The van der Waals surface area contributed by atoms with Crippen LogP contribution in [-0.2, 0) is 22.6 Å². The quantitative estimate of drug-likeness (QED) is 0.572. The molecule has 2 aromatic rings. The molecule has 0 spiro atoms. The lowest BCUT2D eigenvalue weighted by Crippen LogP contribution is -2.40. The van der Waals surface area contributed by atoms with Gasteiger partial charge in [-0.3, -0.25) is 9.59 Å². The molecule has 0 fully saturated rings. The molecule has 0 saturated carbocycles. The number of amides is 1. The summed E-state index contributed by atoms with van der Waals surface area (Å²) in [5, 5.41) is 10.8. The molecule has 1 amide bonds. The van der Waals surface area contributed by atoms with E-state index in [-0.39, 0.29) is 24.1 Å². The van der Waals surface area contributed by atoms with E-state index in [1.54, 1.807) is 18.4 Å². The van der Waals surface area contributed by atoms with E-state index in [9.17, 15) is 9.59 Å². The summed E-state index contributed by atoms with van der Waals surface area (Å²) in [7, 11) is 1.63. The number of thioether (sulfide) groups is 1. The highest BCUT2D eigenvalue weighted by Gasteiger charge is 2.21. The molecule has 146 valence electrons. The number of carbonyl (C=O) groups is 2. The number of carboxylic acids is 1. The summed E-state index contributed by atoms with van der Waals surface area (Å²) in [6.07, 6.45) is 0.876. The van der Waals surface area contributed by atoms with E-state index in [1.165, 1.54) is 16.6 Å². The lowest BCUT2D eigenvalue weighted by molar-refractivity contribution is -0.136. The molecule has 5 nitrogen and oxygen atoms in total. The summed E-state index contributed by atoms with van der Waals surface area (Å²) in [5.74, 6) is 0.712. The van der Waals surface area contributed by atoms with Gasteiger partial charge in [0.2, 0.25) is 5.91 Å². The second-order valence-electron chi connectivity index (χ2n) is 6.20. The van der Waals surface area contributed by atoms with Crippen LogP contribution in [0.2, 0.25) is 0 Å². The van der Waals surface area contributed by atoms with Crippen LogP contribution in [-0.4, -0.2) is 46.5 Å². The smallest absolute Gasteiger partial charge is 0.304 e. The molecule has 7 heteroatoms. The molecular weight excluding hydrogens is 382 g/mol. The van der Waals surface area contributed by atoms with E-state index >= 15 is 0 Å². The Kier molecular flexibility index (Phi) is 8.67. The van der Waals surface area contributed by atoms with Crippen molar-refractivity contribution in [2.75, 3.05) is 18.6 Å². The lowest BCUT2D eigenvalue weighted by atomic mass is 10.1. The first kappa shape index (κ1) is 21.3. The molecule has 0 aliphatic carbocycles. The van der Waals surface area contributed by atoms with Gasteiger partial charge in [0.1, 0.15) is 5.75 Å². The number of hydrogen-bond donors (Lipinski definition) is 1. The highest BCUT2D eigenvalue weighted by Crippen LogP contribution is 2.19. The minimum atomic E-state index is -0.837. The first-order valence-electron chi connectivity index (χ1n) is 8.74. The van der Waals surface area contributed by atoms with Gasteiger partial charge in [-0.2, -0.15) is 11.8 Å². The van der Waals surface area contributed by atoms with Crippen molar-refractivity contribution in [3.05, 3.63) is 52.2 Å². The zero-order valence-corrected chi connectivity index (χ0v) is 17.2. The standard InChI is InChI=1S/C20H25NO4S2/c1-15(12-18-4-3-10-27-18)21(19(22)14-26-11-9-20(23)24)13-16-5-7-17(25-2)8-6-16/h3-8,10,15H,9,11-14H2,1-2H3,(H,23,24)/t15-/m1/s1. The maximum absolute atomic E-state index is 12.8. The predicted molar refractivity (Wildman–Crippen MR) is 111 cm³/mol. The van der Waals surface area contributed by atoms with Crippen LogP contribution < -0.4 is 4.74 Å². The summed E-state index contributed by atoms with van der Waals surface area (Å²) in [6.45, 7) is 2.58. The number of rotatable bonds is 11. The Hall–Kier alpha value is -1.99. The molecule has 1 atom stereocenters. The number of ether oxygens (including phenoxy) is 1. The van der Waals surface area contributed by atoms with Gasteiger partial charge in [0.15, 0.2) is 0 Å². The number of hydrogen-bond acceptors (Lipinski definition) is 5. The van der Waals surface area contributed by atoms with Gasteiger partial charge >= 0.3 is 5.97 Å². The highest BCUT2D eigenvalue weighted by molar-refractivity contribution is 7.99. The van der Waals surface area contributed by atoms with Crippen LogP contribution in [0.5, 0.6) is 5.75 Å². The van der Waals surface area contributed by atoms with Gasteiger partial charge < -0.3 is 14.7 Å². The molecule has 0 unspecified atom stereocenters. The Balaban J connectivity index is 2.03. The monoisotopic (exact) mass is 407 g/mol. The van der Waals surface area contributed by atoms with E-state index in [0.29, 0.717) is 12.3 Å². The molecule has 1 aromatic carbocycles. The Labute approximate surface area is 168 Å². The fourth-order valence-electron chi connectivity index (χ4n) is 2.65. The molecule has 27 heavy (non-hydrogen) atoms. The van der Waals surface area contributed by atoms with Crippen LogP contribution in [0.4, 0.5) is 0 Å². The maximum atomic E-state index is 12.8. The van der Waals surface area contributed by atoms with Crippen molar-refractivity contribution in [2.45, 2.75) is 32.4 Å². The van der Waals surface area contributed by atoms with Crippen molar-refractivity contribution in [1.29, 1.82) is 0 Å². The van der Waals surface area contributed by atoms with E-state index < -0.39 is 5.97 Å². The van der Waals surface area contributed by atoms with Crippen LogP contribution >= 0.6 is 23.1 Å². The first-order valence-corrected chi connectivity index (χ1v) is 10.8. The zero-order chi connectivity index (χ0) is 19.6. The van der Waals surface area contributed by atoms with Gasteiger partial charge in [0.05, 0.1) is 19.3 Å². The van der Waals surface area contributed by atoms with Crippen molar-refractivity contribution in [3.63, 3.8) is 0 Å². The van der Waals surface area contributed by atoms with Crippen molar-refractivity contribution in [3.8, 4) is 5.75 Å². The Morgan fingerprint density at radius 2 is 2.00 bits per heavy atom. The van der Waals surface area contributed by atoms with Crippen LogP contribution in [0.1, 0.15) is 23.8 Å².